The van der Waals surface area contributed by atoms with Crippen LogP contribution in [0, 0.1) is 0 Å². The largest absolute Gasteiger partial charge is 0.489 e. The van der Waals surface area contributed by atoms with Crippen LogP contribution in [0.2, 0.25) is 0 Å². The predicted octanol–water partition coefficient (Wildman–Crippen LogP) is 1.50. The molecule has 5 nitrogen and oxygen atoms in total. The van der Waals surface area contributed by atoms with Crippen molar-refractivity contribution < 1.29 is 17.9 Å². The molecular formula is C9H7BrClNO4S. The van der Waals surface area contributed by atoms with Crippen LogP contribution in [0.4, 0.5) is 0 Å². The minimum absolute atomic E-state index is 0.00167. The summed E-state index contributed by atoms with van der Waals surface area (Å²) in [5.74, 6) is -0.390. The second-order valence-electron chi connectivity index (χ2n) is 3.32. The van der Waals surface area contributed by atoms with Crippen molar-refractivity contribution in [3.05, 3.63) is 22.2 Å². The van der Waals surface area contributed by atoms with E-state index in [0.717, 1.165) is 0 Å². The Kier molecular flexibility index (Phi) is 3.33. The van der Waals surface area contributed by atoms with Gasteiger partial charge in [0.05, 0.1) is 12.1 Å². The number of amides is 1. The first kappa shape index (κ1) is 12.7. The maximum atomic E-state index is 11.7. The summed E-state index contributed by atoms with van der Waals surface area (Å²) in [4.78, 5) is 11.5. The lowest BCUT2D eigenvalue weighted by molar-refractivity contribution is 0.0957. The summed E-state index contributed by atoms with van der Waals surface area (Å²) in [5, 5.41) is 2.58. The molecule has 1 aliphatic heterocycles. The van der Waals surface area contributed by atoms with Gasteiger partial charge in [-0.2, -0.15) is 0 Å². The van der Waals surface area contributed by atoms with Gasteiger partial charge in [0.25, 0.3) is 15.0 Å². The molecule has 0 radical (unpaired) electrons. The zero-order chi connectivity index (χ0) is 12.6. The number of fused-ring (bicyclic) bond motifs is 1. The molecule has 8 heteroatoms. The van der Waals surface area contributed by atoms with Gasteiger partial charge in [-0.25, -0.2) is 8.42 Å². The van der Waals surface area contributed by atoms with E-state index in [2.05, 4.69) is 21.2 Å². The Hall–Kier alpha value is -0.790. The van der Waals surface area contributed by atoms with Crippen molar-refractivity contribution in [2.24, 2.45) is 0 Å². The van der Waals surface area contributed by atoms with Crippen LogP contribution in [0.25, 0.3) is 0 Å². The summed E-state index contributed by atoms with van der Waals surface area (Å²) in [6.45, 7) is 0.507. The van der Waals surface area contributed by atoms with E-state index in [1.807, 2.05) is 0 Å². The summed E-state index contributed by atoms with van der Waals surface area (Å²) in [5.41, 5.74) is 0.149. The second-order valence-corrected chi connectivity index (χ2v) is 6.77. The van der Waals surface area contributed by atoms with Gasteiger partial charge in [0.15, 0.2) is 5.75 Å². The van der Waals surface area contributed by atoms with Crippen LogP contribution >= 0.6 is 26.6 Å². The first-order valence-corrected chi connectivity index (χ1v) is 7.69. The number of ether oxygens (including phenoxy) is 1. The molecule has 1 aliphatic rings. The fraction of sp³-hybridized carbons (Fsp3) is 0.222. The number of carbonyl (C=O) groups excluding carboxylic acids is 1. The van der Waals surface area contributed by atoms with Crippen molar-refractivity contribution >= 4 is 41.6 Å². The molecule has 0 bridgehead atoms. The summed E-state index contributed by atoms with van der Waals surface area (Å²) >= 11 is 3.13. The van der Waals surface area contributed by atoms with Crippen molar-refractivity contribution in [3.63, 3.8) is 0 Å². The molecule has 0 aliphatic carbocycles. The van der Waals surface area contributed by atoms with Gasteiger partial charge >= 0.3 is 0 Å². The number of halogens is 2. The molecule has 0 saturated heterocycles. The minimum atomic E-state index is -3.97. The van der Waals surface area contributed by atoms with Gasteiger partial charge in [0.1, 0.15) is 11.5 Å². The number of nitrogens with one attached hydrogen (secondary N) is 1. The molecule has 0 aromatic heterocycles. The lowest BCUT2D eigenvalue weighted by atomic mass is 10.2. The number of rotatable bonds is 1. The molecule has 92 valence electrons. The van der Waals surface area contributed by atoms with E-state index in [1.165, 1.54) is 12.1 Å². The Balaban J connectivity index is 2.74. The maximum Gasteiger partial charge on any atom is 0.265 e. The molecule has 2 rings (SSSR count). The van der Waals surface area contributed by atoms with Gasteiger partial charge in [-0.05, 0) is 12.1 Å². The summed E-state index contributed by atoms with van der Waals surface area (Å²) in [6, 6.07) is 2.79. The summed E-state index contributed by atoms with van der Waals surface area (Å²) in [7, 11) is 1.34. The third-order valence-electron chi connectivity index (χ3n) is 2.16. The average molecular weight is 341 g/mol. The molecule has 1 aromatic rings. The average Bonchev–Trinajstić information content (AvgIpc) is 2.39. The van der Waals surface area contributed by atoms with Crippen LogP contribution in [0.5, 0.6) is 5.75 Å². The van der Waals surface area contributed by atoms with Crippen molar-refractivity contribution in [2.45, 2.75) is 4.90 Å². The molecule has 1 aromatic carbocycles. The Morgan fingerprint density at radius 1 is 1.41 bits per heavy atom. The van der Waals surface area contributed by atoms with Crippen LogP contribution in [-0.4, -0.2) is 27.5 Å². The Morgan fingerprint density at radius 3 is 2.76 bits per heavy atom. The first-order chi connectivity index (χ1) is 7.89. The first-order valence-electron chi connectivity index (χ1n) is 4.59. The minimum Gasteiger partial charge on any atom is -0.489 e. The Labute approximate surface area is 111 Å². The third kappa shape index (κ3) is 2.56. The van der Waals surface area contributed by atoms with E-state index in [-0.39, 0.29) is 28.7 Å². The van der Waals surface area contributed by atoms with Gasteiger partial charge in [-0.3, -0.25) is 4.79 Å². The van der Waals surface area contributed by atoms with Crippen molar-refractivity contribution in [1.82, 2.24) is 5.32 Å². The zero-order valence-corrected chi connectivity index (χ0v) is 11.5. The van der Waals surface area contributed by atoms with Crippen LogP contribution in [-0.2, 0) is 9.05 Å². The van der Waals surface area contributed by atoms with E-state index >= 15 is 0 Å². The van der Waals surface area contributed by atoms with Gasteiger partial charge in [0, 0.05) is 15.2 Å². The van der Waals surface area contributed by atoms with E-state index in [1.54, 1.807) is 0 Å². The van der Waals surface area contributed by atoms with E-state index in [4.69, 9.17) is 15.4 Å². The molecule has 1 N–H and O–H groups in total. The van der Waals surface area contributed by atoms with Crippen LogP contribution in [0.3, 0.4) is 0 Å². The van der Waals surface area contributed by atoms with Crippen molar-refractivity contribution in [1.29, 1.82) is 0 Å². The van der Waals surface area contributed by atoms with Crippen LogP contribution < -0.4 is 10.1 Å². The lowest BCUT2D eigenvalue weighted by Crippen LogP contribution is -2.24. The normalized spacial score (nSPS) is 15.5. The molecule has 0 saturated carbocycles. The molecular weight excluding hydrogens is 334 g/mol. The number of hydrogen-bond acceptors (Lipinski definition) is 4. The standard InChI is InChI=1S/C9H7BrClNO4S/c10-5-3-6-8(7(4-5)17(11,14)15)16-2-1-12-9(6)13/h3-4H,1-2H2,(H,12,13). The van der Waals surface area contributed by atoms with Gasteiger partial charge < -0.3 is 10.1 Å². The van der Waals surface area contributed by atoms with E-state index in [9.17, 15) is 13.2 Å². The molecule has 0 fully saturated rings. The highest BCUT2D eigenvalue weighted by Crippen LogP contribution is 2.34. The van der Waals surface area contributed by atoms with Gasteiger partial charge in [-0.1, -0.05) is 15.9 Å². The monoisotopic (exact) mass is 339 g/mol. The molecule has 17 heavy (non-hydrogen) atoms. The molecule has 0 unspecified atom stereocenters. The van der Waals surface area contributed by atoms with E-state index < -0.39 is 9.05 Å². The highest BCUT2D eigenvalue weighted by atomic mass is 79.9. The van der Waals surface area contributed by atoms with E-state index in [0.29, 0.717) is 11.0 Å². The molecule has 0 atom stereocenters. The van der Waals surface area contributed by atoms with Crippen molar-refractivity contribution in [3.8, 4) is 5.75 Å². The van der Waals surface area contributed by atoms with Crippen molar-refractivity contribution in [2.75, 3.05) is 13.2 Å². The van der Waals surface area contributed by atoms with Gasteiger partial charge in [0.2, 0.25) is 0 Å². The fourth-order valence-corrected chi connectivity index (χ4v) is 3.09. The highest BCUT2D eigenvalue weighted by Gasteiger charge is 2.26. The quantitative estimate of drug-likeness (QED) is 0.786. The fourth-order valence-electron chi connectivity index (χ4n) is 1.48. The SMILES string of the molecule is O=C1NCCOc2c1cc(Br)cc2S(=O)(=O)Cl. The smallest absolute Gasteiger partial charge is 0.265 e. The maximum absolute atomic E-state index is 11.7. The number of carbonyl (C=O) groups is 1. The Bertz CT molecular complexity index is 587. The molecule has 0 spiro atoms. The predicted molar refractivity (Wildman–Crippen MR) is 65.0 cm³/mol. The topological polar surface area (TPSA) is 72.5 Å². The zero-order valence-electron chi connectivity index (χ0n) is 8.37. The highest BCUT2D eigenvalue weighted by molar-refractivity contribution is 9.10. The second kappa shape index (κ2) is 4.47. The van der Waals surface area contributed by atoms with Gasteiger partial charge in [-0.15, -0.1) is 0 Å². The van der Waals surface area contributed by atoms with Crippen LogP contribution in [0.1, 0.15) is 10.4 Å². The number of benzene rings is 1. The number of hydrogen-bond donors (Lipinski definition) is 1. The van der Waals surface area contributed by atoms with Crippen LogP contribution in [0.15, 0.2) is 21.5 Å². The Morgan fingerprint density at radius 2 is 2.12 bits per heavy atom. The summed E-state index contributed by atoms with van der Waals surface area (Å²) < 4.78 is 28.5. The molecule has 1 heterocycles. The third-order valence-corrected chi connectivity index (χ3v) is 3.95. The summed E-state index contributed by atoms with van der Waals surface area (Å²) in [6.07, 6.45) is 0. The lowest BCUT2D eigenvalue weighted by Gasteiger charge is -2.10. The molecule has 1 amide bonds.